The fourth-order valence-corrected chi connectivity index (χ4v) is 0. The van der Waals surface area contributed by atoms with Crippen LogP contribution in [0.4, 0.5) is 8.39 Å². The van der Waals surface area contributed by atoms with Crippen molar-refractivity contribution in [1.82, 2.24) is 0 Å². The van der Waals surface area contributed by atoms with E-state index in [1.807, 2.05) is 0 Å². The van der Waals surface area contributed by atoms with Crippen molar-refractivity contribution in [3.8, 4) is 0 Å². The van der Waals surface area contributed by atoms with Crippen molar-refractivity contribution in [3.63, 3.8) is 0 Å². The predicted octanol–water partition coefficient (Wildman–Crippen LogP) is 1.40. The number of rotatable bonds is 0. The standard InChI is InChI=1S/CH3F2P/c1-4(2)3/h4H,1H2. The molecule has 0 aliphatic carbocycles. The van der Waals surface area contributed by atoms with Crippen LogP contribution < -0.4 is 0 Å². The highest BCUT2D eigenvalue weighted by atomic mass is 31.2. The third-order valence-electron chi connectivity index (χ3n) is 0. The van der Waals surface area contributed by atoms with Gasteiger partial charge in [0.2, 0.25) is 0 Å². The Morgan fingerprint density at radius 2 is 1.50 bits per heavy atom. The molecule has 0 nitrogen and oxygen atoms in total. The summed E-state index contributed by atoms with van der Waals surface area (Å²) in [6, 6.07) is 0. The van der Waals surface area contributed by atoms with Crippen LogP contribution in [0.3, 0.4) is 0 Å². The molecule has 0 bridgehead atoms. The molecule has 0 radical (unpaired) electrons. The lowest BCUT2D eigenvalue weighted by molar-refractivity contribution is 0.777. The topological polar surface area (TPSA) is 0 Å². The summed E-state index contributed by atoms with van der Waals surface area (Å²) in [5.41, 5.74) is 0. The average Bonchev–Trinajstić information content (AvgIpc) is 0.811. The third-order valence-corrected chi connectivity index (χ3v) is 0. The van der Waals surface area contributed by atoms with Gasteiger partial charge >= 0.3 is 0 Å². The minimum absolute atomic E-state index is 2.41. The van der Waals surface area contributed by atoms with Gasteiger partial charge in [0, 0.05) is 0 Å². The Hall–Kier alpha value is 0.160. The molecule has 0 aromatic rings. The second-order valence-corrected chi connectivity index (χ2v) is 1.02. The highest BCUT2D eigenvalue weighted by Gasteiger charge is 1.61. The second kappa shape index (κ2) is 1.48. The van der Waals surface area contributed by atoms with E-state index < -0.39 is 8.17 Å². The van der Waals surface area contributed by atoms with Crippen molar-refractivity contribution in [2.45, 2.75) is 0 Å². The summed E-state index contributed by atoms with van der Waals surface area (Å²) in [5, 5.41) is 0. The Morgan fingerprint density at radius 3 is 1.50 bits per heavy atom. The van der Waals surface area contributed by atoms with E-state index in [4.69, 9.17) is 0 Å². The first-order valence-corrected chi connectivity index (χ1v) is 2.19. The lowest BCUT2D eigenvalue weighted by Crippen LogP contribution is -1.08. The normalized spacial score (nSPS) is 8.75. The molecule has 0 spiro atoms. The summed E-state index contributed by atoms with van der Waals surface area (Å²) in [5.74, 6) is 0. The molecule has 0 fully saturated rings. The van der Waals surface area contributed by atoms with Gasteiger partial charge in [0.1, 0.15) is 0 Å². The molecule has 0 aromatic carbocycles. The van der Waals surface area contributed by atoms with E-state index >= 15 is 0 Å². The van der Waals surface area contributed by atoms with E-state index in [-0.39, 0.29) is 0 Å². The van der Waals surface area contributed by atoms with Gasteiger partial charge in [-0.1, -0.05) is 0 Å². The Bertz CT molecular complexity index is 29.0. The highest BCUT2D eigenvalue weighted by Crippen LogP contribution is 2.19. The highest BCUT2D eigenvalue weighted by molar-refractivity contribution is 7.44. The van der Waals surface area contributed by atoms with Crippen molar-refractivity contribution in [3.05, 3.63) is 0 Å². The number of halogens is 2. The predicted molar refractivity (Wildman–Crippen MR) is 17.7 cm³/mol. The van der Waals surface area contributed by atoms with Gasteiger partial charge in [0.25, 0.3) is 0 Å². The SMILES string of the molecule is C=[PH](F)F. The summed E-state index contributed by atoms with van der Waals surface area (Å²) >= 11 is 0. The van der Waals surface area contributed by atoms with Gasteiger partial charge in [-0.05, 0) is 6.30 Å². The van der Waals surface area contributed by atoms with Gasteiger partial charge in [0.05, 0.1) is 0 Å². The maximum Gasteiger partial charge on any atom is 0.196 e. The summed E-state index contributed by atoms with van der Waals surface area (Å²) in [6.07, 6.45) is 2.41. The largest absolute Gasteiger partial charge is 0.198 e. The summed E-state index contributed by atoms with van der Waals surface area (Å²) in [6.45, 7) is 0. The number of hydrogen-bond acceptors (Lipinski definition) is 0. The monoisotopic (exact) mass is 84.0 g/mol. The van der Waals surface area contributed by atoms with E-state index in [1.165, 1.54) is 0 Å². The molecule has 4 heavy (non-hydrogen) atoms. The lowest BCUT2D eigenvalue weighted by atomic mass is 12.0. The first kappa shape index (κ1) is 4.16. The van der Waals surface area contributed by atoms with E-state index in [0.717, 1.165) is 0 Å². The smallest absolute Gasteiger partial charge is 0.196 e. The van der Waals surface area contributed by atoms with Crippen molar-refractivity contribution in [2.75, 3.05) is 0 Å². The molecule has 0 atom stereocenters. The molecule has 0 heterocycles. The molecule has 0 unspecified atom stereocenters. The van der Waals surface area contributed by atoms with Gasteiger partial charge in [-0.25, -0.2) is 0 Å². The van der Waals surface area contributed by atoms with Gasteiger partial charge in [-0.15, -0.1) is 0 Å². The molecule has 0 rings (SSSR count). The van der Waals surface area contributed by atoms with Crippen LogP contribution in [0.1, 0.15) is 0 Å². The maximum atomic E-state index is 10.3. The Kier molecular flexibility index (Phi) is 1.54. The second-order valence-electron chi connectivity index (χ2n) is 0.339. The summed E-state index contributed by atoms with van der Waals surface area (Å²) in [4.78, 5) is 0. The first-order chi connectivity index (χ1) is 1.73. The van der Waals surface area contributed by atoms with Crippen molar-refractivity contribution >= 4 is 14.5 Å². The Labute approximate surface area is 24.1 Å². The van der Waals surface area contributed by atoms with Crippen molar-refractivity contribution in [2.24, 2.45) is 0 Å². The van der Waals surface area contributed by atoms with E-state index in [2.05, 4.69) is 6.30 Å². The van der Waals surface area contributed by atoms with Crippen LogP contribution in [0.25, 0.3) is 0 Å². The molecule has 26 valence electrons. The summed E-state index contributed by atoms with van der Waals surface area (Å²) in [7, 11) is -3.13. The molecular weight excluding hydrogens is 81.0 g/mol. The average molecular weight is 84.0 g/mol. The Balaban J connectivity index is 2.80. The van der Waals surface area contributed by atoms with Crippen LogP contribution in [0, 0.1) is 0 Å². The molecule has 3 heteroatoms. The van der Waals surface area contributed by atoms with E-state index in [9.17, 15) is 8.39 Å². The van der Waals surface area contributed by atoms with Gasteiger partial charge in [0.15, 0.2) is 8.17 Å². The first-order valence-electron chi connectivity index (χ1n) is 0.732. The quantitative estimate of drug-likeness (QED) is 0.389. The Morgan fingerprint density at radius 1 is 1.50 bits per heavy atom. The van der Waals surface area contributed by atoms with Gasteiger partial charge in [-0.2, -0.15) is 8.39 Å². The lowest BCUT2D eigenvalue weighted by Gasteiger charge is -1.58. The molecule has 0 saturated carbocycles. The summed E-state index contributed by atoms with van der Waals surface area (Å²) < 4.78 is 20.6. The van der Waals surface area contributed by atoms with Crippen molar-refractivity contribution < 1.29 is 8.39 Å². The van der Waals surface area contributed by atoms with Crippen LogP contribution in [-0.4, -0.2) is 6.30 Å². The van der Waals surface area contributed by atoms with Crippen LogP contribution >= 0.6 is 8.17 Å². The molecule has 0 saturated heterocycles. The zero-order valence-corrected chi connectivity index (χ0v) is 2.96. The third kappa shape index (κ3) is 114. The molecule has 0 N–H and O–H groups in total. The molecular formula is CH3F2P. The minimum atomic E-state index is -3.13. The van der Waals surface area contributed by atoms with Crippen LogP contribution in [0.15, 0.2) is 0 Å². The van der Waals surface area contributed by atoms with Crippen LogP contribution in [-0.2, 0) is 0 Å². The molecule has 0 amide bonds. The van der Waals surface area contributed by atoms with Gasteiger partial charge < -0.3 is 0 Å². The molecule has 0 aliphatic rings. The van der Waals surface area contributed by atoms with Crippen LogP contribution in [0.2, 0.25) is 0 Å². The fourth-order valence-electron chi connectivity index (χ4n) is 0. The number of hydrogen-bond donors (Lipinski definition) is 0. The van der Waals surface area contributed by atoms with E-state index in [0.29, 0.717) is 0 Å². The van der Waals surface area contributed by atoms with Gasteiger partial charge in [-0.3, -0.25) is 0 Å². The molecule has 0 aliphatic heterocycles. The van der Waals surface area contributed by atoms with E-state index in [1.54, 1.807) is 0 Å². The molecule has 0 aromatic heterocycles. The van der Waals surface area contributed by atoms with Crippen molar-refractivity contribution in [1.29, 1.82) is 0 Å². The minimum Gasteiger partial charge on any atom is -0.198 e. The zero-order chi connectivity index (χ0) is 3.58. The van der Waals surface area contributed by atoms with Crippen LogP contribution in [0.5, 0.6) is 0 Å². The maximum absolute atomic E-state index is 10.3. The zero-order valence-electron chi connectivity index (χ0n) is 1.96. The fraction of sp³-hybridized carbons (Fsp3) is 0.